The molecule has 13 heteroatoms. The number of amides is 3. The maximum atomic E-state index is 15.0. The van der Waals surface area contributed by atoms with E-state index in [1.54, 1.807) is 29.2 Å². The van der Waals surface area contributed by atoms with E-state index in [2.05, 4.69) is 24.9 Å². The summed E-state index contributed by atoms with van der Waals surface area (Å²) in [7, 11) is 0. The minimum Gasteiger partial charge on any atom is -0.338 e. The molecular formula is C42H55FN8O4. The van der Waals surface area contributed by atoms with Crippen molar-refractivity contribution in [2.45, 2.75) is 69.9 Å². The third kappa shape index (κ3) is 8.20. The van der Waals surface area contributed by atoms with E-state index in [-0.39, 0.29) is 29.0 Å². The summed E-state index contributed by atoms with van der Waals surface area (Å²) in [5.74, 6) is 0.761. The smallest absolute Gasteiger partial charge is 0.272 e. The van der Waals surface area contributed by atoms with Gasteiger partial charge in [0.1, 0.15) is 5.82 Å². The Morgan fingerprint density at radius 1 is 0.855 bits per heavy atom. The van der Waals surface area contributed by atoms with E-state index in [0.717, 1.165) is 70.3 Å². The van der Waals surface area contributed by atoms with Crippen LogP contribution in [-0.2, 0) is 16.0 Å². The standard InChI is InChI=1S/C42H55FN8O4/c43-36-13-10-28(23-37-33-8-4-5-9-34(33)40(53)46-45-37)22-35(36)41(54)50-20-18-49(19-21-50)38(52)27-48-16-14-47(15-17-48)25-31-24-32-12-11-30(31)26-51(32)42(55)39(44)29-6-2-1-3-7-29/h4-5,8-10,13,22,29-32,39H,1-3,6-7,11-12,14-21,23-27,44H2,(H,46,53)/t30?,31?,32?,39-/m1/s1. The fourth-order valence-corrected chi connectivity index (χ4v) is 10.0. The van der Waals surface area contributed by atoms with Crippen LogP contribution in [0.3, 0.4) is 0 Å². The maximum absolute atomic E-state index is 15.0. The number of nitrogens with two attached hydrogens (primary N) is 1. The monoisotopic (exact) mass is 754 g/mol. The Morgan fingerprint density at radius 3 is 2.29 bits per heavy atom. The van der Waals surface area contributed by atoms with Crippen LogP contribution >= 0.6 is 0 Å². The van der Waals surface area contributed by atoms with Gasteiger partial charge in [0.05, 0.1) is 29.2 Å². The predicted octanol–water partition coefficient (Wildman–Crippen LogP) is 3.09. The zero-order valence-electron chi connectivity index (χ0n) is 31.8. The molecule has 2 aromatic carbocycles. The zero-order valence-corrected chi connectivity index (χ0v) is 31.8. The average Bonchev–Trinajstić information content (AvgIpc) is 3.23. The van der Waals surface area contributed by atoms with Crippen molar-refractivity contribution >= 4 is 28.5 Å². The Morgan fingerprint density at radius 2 is 1.56 bits per heavy atom. The van der Waals surface area contributed by atoms with Gasteiger partial charge in [-0.3, -0.25) is 24.1 Å². The lowest BCUT2D eigenvalue weighted by molar-refractivity contribution is -0.144. The van der Waals surface area contributed by atoms with Crippen LogP contribution in [0.5, 0.6) is 0 Å². The summed E-state index contributed by atoms with van der Waals surface area (Å²) in [6.45, 7) is 7.31. The molecule has 4 atom stereocenters. The molecule has 4 aliphatic heterocycles. The Hall–Kier alpha value is -4.20. The zero-order chi connectivity index (χ0) is 38.1. The lowest BCUT2D eigenvalue weighted by Gasteiger charge is -2.52. The van der Waals surface area contributed by atoms with Crippen LogP contribution in [0.1, 0.15) is 73.0 Å². The van der Waals surface area contributed by atoms with Crippen LogP contribution in [0.15, 0.2) is 47.3 Å². The number of rotatable bonds is 9. The van der Waals surface area contributed by atoms with Crippen molar-refractivity contribution in [3.05, 3.63) is 75.5 Å². The molecule has 3 N–H and O–H groups in total. The second-order valence-electron chi connectivity index (χ2n) is 16.7. The fraction of sp³-hybridized carbons (Fsp3) is 0.595. The lowest BCUT2D eigenvalue weighted by Crippen LogP contribution is -2.61. The number of aromatic nitrogens is 2. The van der Waals surface area contributed by atoms with Gasteiger partial charge in [-0.05, 0) is 73.6 Å². The molecule has 3 unspecified atom stereocenters. The molecule has 9 rings (SSSR count). The van der Waals surface area contributed by atoms with Gasteiger partial charge in [-0.25, -0.2) is 9.49 Å². The third-order valence-corrected chi connectivity index (χ3v) is 13.4. The number of hydrogen-bond acceptors (Lipinski definition) is 8. The predicted molar refractivity (Wildman–Crippen MR) is 208 cm³/mol. The van der Waals surface area contributed by atoms with Crippen LogP contribution in [0, 0.1) is 23.6 Å². The average molecular weight is 755 g/mol. The van der Waals surface area contributed by atoms with Gasteiger partial charge in [0.25, 0.3) is 11.5 Å². The fourth-order valence-electron chi connectivity index (χ4n) is 10.0. The van der Waals surface area contributed by atoms with Gasteiger partial charge in [-0.2, -0.15) is 5.10 Å². The summed E-state index contributed by atoms with van der Waals surface area (Å²) >= 11 is 0. The summed E-state index contributed by atoms with van der Waals surface area (Å²) in [6, 6.07) is 11.7. The van der Waals surface area contributed by atoms with Gasteiger partial charge in [-0.1, -0.05) is 43.5 Å². The molecule has 0 radical (unpaired) electrons. The summed E-state index contributed by atoms with van der Waals surface area (Å²) < 4.78 is 15.0. The Balaban J connectivity index is 0.777. The molecule has 6 aliphatic rings. The normalized spacial score (nSPS) is 24.7. The molecule has 294 valence electrons. The first kappa shape index (κ1) is 37.7. The van der Waals surface area contributed by atoms with E-state index in [1.165, 1.54) is 31.7 Å². The number of nitrogens with zero attached hydrogens (tertiary/aromatic N) is 6. The molecule has 5 heterocycles. The highest BCUT2D eigenvalue weighted by atomic mass is 19.1. The molecule has 0 spiro atoms. The van der Waals surface area contributed by atoms with Crippen molar-refractivity contribution in [1.29, 1.82) is 0 Å². The van der Waals surface area contributed by atoms with Crippen molar-refractivity contribution in [3.8, 4) is 0 Å². The molecule has 2 saturated carbocycles. The molecule has 2 bridgehead atoms. The number of benzene rings is 2. The second-order valence-corrected chi connectivity index (χ2v) is 16.7. The first-order chi connectivity index (χ1) is 26.7. The molecule has 55 heavy (non-hydrogen) atoms. The number of fused-ring (bicyclic) bond motifs is 4. The Bertz CT molecular complexity index is 1930. The lowest BCUT2D eigenvalue weighted by atomic mass is 9.71. The number of carbonyl (C=O) groups excluding carboxylic acids is 3. The summed E-state index contributed by atoms with van der Waals surface area (Å²) in [5, 5.41) is 8.01. The third-order valence-electron chi connectivity index (χ3n) is 13.4. The van der Waals surface area contributed by atoms with Crippen molar-refractivity contribution < 1.29 is 18.8 Å². The summed E-state index contributed by atoms with van der Waals surface area (Å²) in [6.07, 6.45) is 9.52. The van der Waals surface area contributed by atoms with Crippen LogP contribution in [-0.4, -0.2) is 136 Å². The molecule has 3 aromatic rings. The van der Waals surface area contributed by atoms with Crippen molar-refractivity contribution in [3.63, 3.8) is 0 Å². The molecular weight excluding hydrogens is 700 g/mol. The first-order valence-electron chi connectivity index (χ1n) is 20.5. The number of hydrogen-bond donors (Lipinski definition) is 2. The minimum absolute atomic E-state index is 0.00499. The number of piperidine rings is 2. The number of aromatic amines is 1. The largest absolute Gasteiger partial charge is 0.338 e. The number of piperazine rings is 2. The number of halogens is 1. The van der Waals surface area contributed by atoms with E-state index >= 15 is 4.39 Å². The number of carbonyl (C=O) groups is 3. The van der Waals surface area contributed by atoms with E-state index in [0.29, 0.717) is 79.6 Å². The summed E-state index contributed by atoms with van der Waals surface area (Å²) in [4.78, 5) is 62.9. The van der Waals surface area contributed by atoms with Crippen molar-refractivity contribution in [2.75, 3.05) is 72.0 Å². The molecule has 12 nitrogen and oxygen atoms in total. The molecule has 1 aromatic heterocycles. The van der Waals surface area contributed by atoms with Crippen LogP contribution in [0.4, 0.5) is 4.39 Å². The number of H-pyrrole nitrogens is 1. The van der Waals surface area contributed by atoms with Crippen molar-refractivity contribution in [1.82, 2.24) is 34.7 Å². The van der Waals surface area contributed by atoms with Crippen LogP contribution < -0.4 is 11.3 Å². The molecule has 3 amide bonds. The van der Waals surface area contributed by atoms with Crippen LogP contribution in [0.25, 0.3) is 10.8 Å². The van der Waals surface area contributed by atoms with E-state index < -0.39 is 11.7 Å². The SMILES string of the molecule is N[C@@H](C(=O)N1CC2CCC1CC2CN1CCN(CC(=O)N2CCN(C(=O)c3cc(Cc4n[nH]c(=O)c5ccccc45)ccc3F)CC2)CC1)C1CCCCC1. The van der Waals surface area contributed by atoms with Gasteiger partial charge in [0.15, 0.2) is 0 Å². The highest BCUT2D eigenvalue weighted by Gasteiger charge is 2.44. The van der Waals surface area contributed by atoms with Gasteiger partial charge < -0.3 is 25.3 Å². The topological polar surface area (TPSA) is 139 Å². The van der Waals surface area contributed by atoms with Gasteiger partial charge in [-0.15, -0.1) is 0 Å². The maximum Gasteiger partial charge on any atom is 0.272 e. The van der Waals surface area contributed by atoms with E-state index in [9.17, 15) is 19.2 Å². The van der Waals surface area contributed by atoms with Crippen LogP contribution in [0.2, 0.25) is 0 Å². The van der Waals surface area contributed by atoms with E-state index in [1.807, 2.05) is 17.0 Å². The Kier molecular flexibility index (Phi) is 11.3. The first-order valence-corrected chi connectivity index (χ1v) is 20.5. The number of nitrogens with one attached hydrogen (secondary N) is 1. The molecule has 6 fully saturated rings. The molecule has 4 saturated heterocycles. The Labute approximate surface area is 322 Å². The van der Waals surface area contributed by atoms with Gasteiger partial charge >= 0.3 is 0 Å². The van der Waals surface area contributed by atoms with Crippen molar-refractivity contribution in [2.24, 2.45) is 23.5 Å². The molecule has 2 aliphatic carbocycles. The second kappa shape index (κ2) is 16.5. The highest BCUT2D eigenvalue weighted by molar-refractivity contribution is 5.95. The highest BCUT2D eigenvalue weighted by Crippen LogP contribution is 2.41. The quantitative estimate of drug-likeness (QED) is 0.340. The van der Waals surface area contributed by atoms with Gasteiger partial charge in [0.2, 0.25) is 11.8 Å². The van der Waals surface area contributed by atoms with E-state index in [4.69, 9.17) is 5.73 Å². The summed E-state index contributed by atoms with van der Waals surface area (Å²) in [5.41, 5.74) is 7.62. The van der Waals surface area contributed by atoms with Gasteiger partial charge in [0, 0.05) is 83.3 Å². The minimum atomic E-state index is -0.589.